The van der Waals surface area contributed by atoms with Crippen molar-refractivity contribution >= 4 is 22.9 Å². The Labute approximate surface area is 174 Å². The van der Waals surface area contributed by atoms with Gasteiger partial charge in [-0.3, -0.25) is 10.1 Å². The highest BCUT2D eigenvalue weighted by Gasteiger charge is 2.51. The number of nitrogens with one attached hydrogen (secondary N) is 2. The largest absolute Gasteiger partial charge is 0.484 e. The molecule has 0 spiro atoms. The molecule has 2 N–H and O–H groups in total. The molecular formula is C23H26N2O5. The molecule has 1 heterocycles. The molecule has 0 unspecified atom stereocenters. The van der Waals surface area contributed by atoms with Crippen molar-refractivity contribution in [2.24, 2.45) is 17.8 Å². The SMILES string of the molecule is Cc1cc(=O)oc2cc(OCC(=O)NC(=O)NC34CC5CC(CC(C5)C3)C4)ccc12. The van der Waals surface area contributed by atoms with Gasteiger partial charge < -0.3 is 14.5 Å². The normalized spacial score (nSPS) is 29.0. The Morgan fingerprint density at radius 3 is 2.43 bits per heavy atom. The van der Waals surface area contributed by atoms with Gasteiger partial charge in [-0.25, -0.2) is 9.59 Å². The fourth-order valence-corrected chi connectivity index (χ4v) is 6.24. The predicted octanol–water partition coefficient (Wildman–Crippen LogP) is 3.27. The van der Waals surface area contributed by atoms with Crippen LogP contribution in [0.2, 0.25) is 0 Å². The van der Waals surface area contributed by atoms with Crippen molar-refractivity contribution in [3.05, 3.63) is 40.2 Å². The second-order valence-corrected chi connectivity index (χ2v) is 9.40. The molecule has 1 aromatic carbocycles. The van der Waals surface area contributed by atoms with E-state index in [1.54, 1.807) is 18.2 Å². The van der Waals surface area contributed by atoms with Crippen LogP contribution in [0.3, 0.4) is 0 Å². The van der Waals surface area contributed by atoms with Gasteiger partial charge in [0.2, 0.25) is 0 Å². The molecule has 158 valence electrons. The zero-order chi connectivity index (χ0) is 20.9. The fraction of sp³-hybridized carbons (Fsp3) is 0.522. The first-order valence-electron chi connectivity index (χ1n) is 10.7. The molecule has 4 aliphatic rings. The maximum atomic E-state index is 12.5. The van der Waals surface area contributed by atoms with Gasteiger partial charge in [0, 0.05) is 23.1 Å². The minimum atomic E-state index is -0.511. The van der Waals surface area contributed by atoms with E-state index in [1.165, 1.54) is 25.3 Å². The first kappa shape index (κ1) is 19.2. The molecular weight excluding hydrogens is 384 g/mol. The average molecular weight is 410 g/mol. The zero-order valence-electron chi connectivity index (χ0n) is 17.0. The van der Waals surface area contributed by atoms with Crippen molar-refractivity contribution < 1.29 is 18.7 Å². The summed E-state index contributed by atoms with van der Waals surface area (Å²) in [4.78, 5) is 36.2. The lowest BCUT2D eigenvalue weighted by atomic mass is 9.53. The number of hydrogen-bond donors (Lipinski definition) is 2. The Bertz CT molecular complexity index is 1040. The van der Waals surface area contributed by atoms with E-state index in [2.05, 4.69) is 10.6 Å². The van der Waals surface area contributed by atoms with Crippen LogP contribution in [0.25, 0.3) is 11.0 Å². The topological polar surface area (TPSA) is 97.6 Å². The van der Waals surface area contributed by atoms with Gasteiger partial charge in [-0.1, -0.05) is 0 Å². The van der Waals surface area contributed by atoms with Crippen LogP contribution in [0.5, 0.6) is 5.75 Å². The molecule has 3 amide bonds. The van der Waals surface area contributed by atoms with Gasteiger partial charge in [0.1, 0.15) is 11.3 Å². The van der Waals surface area contributed by atoms with Gasteiger partial charge in [0.25, 0.3) is 5.91 Å². The Hall–Kier alpha value is -2.83. The number of rotatable bonds is 4. The summed E-state index contributed by atoms with van der Waals surface area (Å²) in [7, 11) is 0. The molecule has 4 aliphatic carbocycles. The maximum absolute atomic E-state index is 12.5. The maximum Gasteiger partial charge on any atom is 0.336 e. The lowest BCUT2D eigenvalue weighted by Gasteiger charge is -2.56. The van der Waals surface area contributed by atoms with Crippen molar-refractivity contribution in [3.8, 4) is 5.75 Å². The average Bonchev–Trinajstić information content (AvgIpc) is 2.64. The van der Waals surface area contributed by atoms with Crippen molar-refractivity contribution in [2.75, 3.05) is 6.61 Å². The molecule has 0 radical (unpaired) electrons. The van der Waals surface area contributed by atoms with Crippen molar-refractivity contribution in [1.29, 1.82) is 0 Å². The third-order valence-corrected chi connectivity index (χ3v) is 6.96. The second-order valence-electron chi connectivity index (χ2n) is 9.40. The first-order chi connectivity index (χ1) is 14.4. The number of hydrogen-bond acceptors (Lipinski definition) is 5. The minimum absolute atomic E-state index is 0.145. The summed E-state index contributed by atoms with van der Waals surface area (Å²) >= 11 is 0. The van der Waals surface area contributed by atoms with Gasteiger partial charge >= 0.3 is 11.7 Å². The van der Waals surface area contributed by atoms with Crippen LogP contribution in [0, 0.1) is 24.7 Å². The monoisotopic (exact) mass is 410 g/mol. The second kappa shape index (κ2) is 7.15. The first-order valence-corrected chi connectivity index (χ1v) is 10.7. The number of benzene rings is 1. The molecule has 0 aliphatic heterocycles. The quantitative estimate of drug-likeness (QED) is 0.754. The van der Waals surface area contributed by atoms with Crippen LogP contribution in [-0.4, -0.2) is 24.1 Å². The van der Waals surface area contributed by atoms with Crippen LogP contribution in [0.15, 0.2) is 33.5 Å². The number of amides is 3. The number of imide groups is 1. The predicted molar refractivity (Wildman–Crippen MR) is 110 cm³/mol. The van der Waals surface area contributed by atoms with Crippen LogP contribution in [0.4, 0.5) is 4.79 Å². The summed E-state index contributed by atoms with van der Waals surface area (Å²) in [5.41, 5.74) is 0.633. The van der Waals surface area contributed by atoms with Crippen LogP contribution < -0.4 is 21.0 Å². The molecule has 6 rings (SSSR count). The van der Waals surface area contributed by atoms with E-state index in [0.29, 0.717) is 29.1 Å². The highest BCUT2D eigenvalue weighted by atomic mass is 16.5. The number of carbonyl (C=O) groups excluding carboxylic acids is 2. The Balaban J connectivity index is 1.17. The molecule has 0 atom stereocenters. The molecule has 7 heteroatoms. The highest BCUT2D eigenvalue weighted by molar-refractivity contribution is 5.95. The molecule has 2 aromatic rings. The lowest BCUT2D eigenvalue weighted by Crippen LogP contribution is -2.62. The number of fused-ring (bicyclic) bond motifs is 1. The Morgan fingerprint density at radius 1 is 1.10 bits per heavy atom. The number of urea groups is 1. The molecule has 4 fully saturated rings. The molecule has 4 saturated carbocycles. The standard InChI is InChI=1S/C23H26N2O5/c1-13-4-21(27)30-19-8-17(2-3-18(13)19)29-12-20(26)24-22(28)25-23-9-14-5-15(10-23)7-16(6-14)11-23/h2-4,8,14-16H,5-7,9-12H2,1H3,(H2,24,25,26,28). The summed E-state index contributed by atoms with van der Waals surface area (Å²) in [6.07, 6.45) is 6.96. The Kier molecular flexibility index (Phi) is 4.56. The summed E-state index contributed by atoms with van der Waals surface area (Å²) in [5.74, 6) is 2.03. The molecule has 1 aromatic heterocycles. The summed E-state index contributed by atoms with van der Waals surface area (Å²) in [6.45, 7) is 1.53. The Morgan fingerprint density at radius 2 is 1.77 bits per heavy atom. The van der Waals surface area contributed by atoms with E-state index < -0.39 is 17.6 Å². The fourth-order valence-electron chi connectivity index (χ4n) is 6.24. The third-order valence-electron chi connectivity index (χ3n) is 6.96. The number of ether oxygens (including phenoxy) is 1. The van der Waals surface area contributed by atoms with Gasteiger partial charge in [0.15, 0.2) is 6.61 Å². The van der Waals surface area contributed by atoms with Crippen LogP contribution in [0.1, 0.15) is 44.1 Å². The minimum Gasteiger partial charge on any atom is -0.484 e. The van der Waals surface area contributed by atoms with Crippen LogP contribution in [-0.2, 0) is 4.79 Å². The smallest absolute Gasteiger partial charge is 0.336 e. The molecule has 4 bridgehead atoms. The van der Waals surface area contributed by atoms with E-state index in [-0.39, 0.29) is 12.1 Å². The van der Waals surface area contributed by atoms with Crippen molar-refractivity contribution in [2.45, 2.75) is 51.0 Å². The number of aryl methyl sites for hydroxylation is 1. The van der Waals surface area contributed by atoms with Crippen molar-refractivity contribution in [3.63, 3.8) is 0 Å². The highest BCUT2D eigenvalue weighted by Crippen LogP contribution is 2.55. The molecule has 30 heavy (non-hydrogen) atoms. The van der Waals surface area contributed by atoms with E-state index in [9.17, 15) is 14.4 Å². The van der Waals surface area contributed by atoms with Gasteiger partial charge in [-0.15, -0.1) is 0 Å². The summed E-state index contributed by atoms with van der Waals surface area (Å²) < 4.78 is 10.7. The molecule has 7 nitrogen and oxygen atoms in total. The van der Waals surface area contributed by atoms with Gasteiger partial charge in [-0.2, -0.15) is 0 Å². The van der Waals surface area contributed by atoms with Gasteiger partial charge in [-0.05, 0) is 80.9 Å². The van der Waals surface area contributed by atoms with E-state index >= 15 is 0 Å². The zero-order valence-corrected chi connectivity index (χ0v) is 17.0. The number of carbonyl (C=O) groups is 2. The van der Waals surface area contributed by atoms with E-state index in [0.717, 1.165) is 30.2 Å². The summed E-state index contributed by atoms with van der Waals surface area (Å²) in [5, 5.41) is 6.31. The van der Waals surface area contributed by atoms with Crippen LogP contribution >= 0.6 is 0 Å². The van der Waals surface area contributed by atoms with Crippen molar-refractivity contribution in [1.82, 2.24) is 10.6 Å². The third kappa shape index (κ3) is 3.68. The summed E-state index contributed by atoms with van der Waals surface area (Å²) in [6, 6.07) is 6.05. The molecule has 0 saturated heterocycles. The van der Waals surface area contributed by atoms with E-state index in [1.807, 2.05) is 6.92 Å². The van der Waals surface area contributed by atoms with Gasteiger partial charge in [0.05, 0.1) is 0 Å². The lowest BCUT2D eigenvalue weighted by molar-refractivity contribution is -0.122. The van der Waals surface area contributed by atoms with E-state index in [4.69, 9.17) is 9.15 Å².